The average Bonchev–Trinajstić information content (AvgIpc) is 3.08. The van der Waals surface area contributed by atoms with Gasteiger partial charge in [-0.3, -0.25) is 4.79 Å². The molecule has 26 heavy (non-hydrogen) atoms. The number of halogens is 4. The lowest BCUT2D eigenvalue weighted by Gasteiger charge is -2.17. The molecule has 9 heteroatoms. The lowest BCUT2D eigenvalue weighted by atomic mass is 10.1. The van der Waals surface area contributed by atoms with E-state index in [0.717, 1.165) is 36.2 Å². The number of benzene rings is 1. The molecule has 1 atom stereocenters. The number of nitrogens with zero attached hydrogens (tertiary/aromatic N) is 2. The van der Waals surface area contributed by atoms with Crippen LogP contribution in [0.25, 0.3) is 5.69 Å². The molecule has 2 aromatic rings. The van der Waals surface area contributed by atoms with Gasteiger partial charge >= 0.3 is 6.18 Å². The number of unbranched alkanes of at least 4 members (excludes halogenated alkanes) is 1. The number of amides is 1. The van der Waals surface area contributed by atoms with Gasteiger partial charge < -0.3 is 11.1 Å². The summed E-state index contributed by atoms with van der Waals surface area (Å²) in [5, 5.41) is 6.54. The van der Waals surface area contributed by atoms with Gasteiger partial charge in [0.25, 0.3) is 5.91 Å². The van der Waals surface area contributed by atoms with Gasteiger partial charge in [-0.05, 0) is 30.7 Å². The van der Waals surface area contributed by atoms with E-state index in [0.29, 0.717) is 6.54 Å². The molecule has 1 aromatic heterocycles. The number of rotatable bonds is 7. The fraction of sp³-hybridized carbons (Fsp3) is 0.412. The smallest absolute Gasteiger partial charge is 0.348 e. The minimum atomic E-state index is -4.53. The Hall–Kier alpha value is -2.06. The summed E-state index contributed by atoms with van der Waals surface area (Å²) in [7, 11) is 0. The lowest BCUT2D eigenvalue weighted by Crippen LogP contribution is -2.40. The predicted octanol–water partition coefficient (Wildman–Crippen LogP) is 3.56. The van der Waals surface area contributed by atoms with Crippen LogP contribution in [0, 0.1) is 0 Å². The molecule has 0 fully saturated rings. The molecule has 1 amide bonds. The standard InChI is InChI=1S/C17H21F3N4O.ClH/c1-2-3-6-13(11-21)23-16(25)12-5-4-7-14(10-12)24-15(8-9-22-24)17(18,19)20;/h4-5,7-10,13H,2-3,6,11,21H2,1H3,(H,23,25);1H. The zero-order valence-corrected chi connectivity index (χ0v) is 15.1. The number of carbonyl (C=O) groups is 1. The topological polar surface area (TPSA) is 72.9 Å². The quantitative estimate of drug-likeness (QED) is 0.759. The van der Waals surface area contributed by atoms with Gasteiger partial charge in [-0.25, -0.2) is 4.68 Å². The Morgan fingerprint density at radius 3 is 2.69 bits per heavy atom. The maximum Gasteiger partial charge on any atom is 0.433 e. The summed E-state index contributed by atoms with van der Waals surface area (Å²) in [5.41, 5.74) is 5.19. The van der Waals surface area contributed by atoms with Crippen LogP contribution in [0.2, 0.25) is 0 Å². The molecule has 0 saturated carbocycles. The predicted molar refractivity (Wildman–Crippen MR) is 95.6 cm³/mol. The third-order valence-corrected chi connectivity index (χ3v) is 3.81. The van der Waals surface area contributed by atoms with E-state index >= 15 is 0 Å². The molecular formula is C17H22ClF3N4O. The van der Waals surface area contributed by atoms with Crippen molar-refractivity contribution in [1.29, 1.82) is 0 Å². The highest BCUT2D eigenvalue weighted by Crippen LogP contribution is 2.30. The van der Waals surface area contributed by atoms with Gasteiger partial charge in [0.05, 0.1) is 11.9 Å². The van der Waals surface area contributed by atoms with Crippen molar-refractivity contribution in [1.82, 2.24) is 15.1 Å². The molecule has 1 aromatic carbocycles. The van der Waals surface area contributed by atoms with Crippen LogP contribution in [0.15, 0.2) is 36.5 Å². The first kappa shape index (κ1) is 22.0. The van der Waals surface area contributed by atoms with Crippen molar-refractivity contribution in [2.75, 3.05) is 6.54 Å². The Morgan fingerprint density at radius 1 is 1.35 bits per heavy atom. The van der Waals surface area contributed by atoms with Crippen LogP contribution < -0.4 is 11.1 Å². The second kappa shape index (κ2) is 9.59. The fourth-order valence-electron chi connectivity index (χ4n) is 2.47. The Morgan fingerprint density at radius 2 is 2.08 bits per heavy atom. The van der Waals surface area contributed by atoms with Crippen molar-refractivity contribution in [3.63, 3.8) is 0 Å². The zero-order chi connectivity index (χ0) is 18.4. The minimum Gasteiger partial charge on any atom is -0.348 e. The van der Waals surface area contributed by atoms with Crippen molar-refractivity contribution in [2.45, 2.75) is 38.4 Å². The van der Waals surface area contributed by atoms with Crippen molar-refractivity contribution >= 4 is 18.3 Å². The van der Waals surface area contributed by atoms with E-state index in [1.165, 1.54) is 18.2 Å². The van der Waals surface area contributed by atoms with E-state index in [1.54, 1.807) is 6.07 Å². The summed E-state index contributed by atoms with van der Waals surface area (Å²) in [6.07, 6.45) is -0.772. The Balaban J connectivity index is 0.00000338. The molecule has 0 bridgehead atoms. The lowest BCUT2D eigenvalue weighted by molar-refractivity contribution is -0.142. The number of hydrogen-bond acceptors (Lipinski definition) is 3. The van der Waals surface area contributed by atoms with E-state index in [-0.39, 0.29) is 35.6 Å². The third kappa shape index (κ3) is 5.47. The molecule has 5 nitrogen and oxygen atoms in total. The summed E-state index contributed by atoms with van der Waals surface area (Å²) in [6.45, 7) is 2.35. The molecule has 0 spiro atoms. The monoisotopic (exact) mass is 390 g/mol. The van der Waals surface area contributed by atoms with E-state index < -0.39 is 11.9 Å². The molecule has 0 aliphatic carbocycles. The number of carbonyl (C=O) groups excluding carboxylic acids is 1. The highest BCUT2D eigenvalue weighted by Gasteiger charge is 2.35. The second-order valence-electron chi connectivity index (χ2n) is 5.72. The summed E-state index contributed by atoms with van der Waals surface area (Å²) >= 11 is 0. The summed E-state index contributed by atoms with van der Waals surface area (Å²) in [5.74, 6) is -0.367. The van der Waals surface area contributed by atoms with Gasteiger partial charge in [-0.1, -0.05) is 25.8 Å². The second-order valence-corrected chi connectivity index (χ2v) is 5.72. The first-order chi connectivity index (χ1) is 11.9. The van der Waals surface area contributed by atoms with E-state index in [2.05, 4.69) is 10.4 Å². The Bertz CT molecular complexity index is 718. The van der Waals surface area contributed by atoms with Crippen LogP contribution in [0.5, 0.6) is 0 Å². The molecule has 0 aliphatic heterocycles. The fourth-order valence-corrected chi connectivity index (χ4v) is 2.47. The van der Waals surface area contributed by atoms with Gasteiger partial charge in [-0.2, -0.15) is 18.3 Å². The summed E-state index contributed by atoms with van der Waals surface area (Å²) in [6, 6.07) is 6.65. The summed E-state index contributed by atoms with van der Waals surface area (Å²) < 4.78 is 39.8. The number of alkyl halides is 3. The SMILES string of the molecule is CCCCC(CN)NC(=O)c1cccc(-n2nccc2C(F)(F)F)c1.Cl. The van der Waals surface area contributed by atoms with Gasteiger partial charge in [0.15, 0.2) is 0 Å². The number of aromatic nitrogens is 2. The number of nitrogens with two attached hydrogens (primary N) is 1. The maximum atomic E-state index is 13.0. The molecule has 144 valence electrons. The molecule has 1 unspecified atom stereocenters. The van der Waals surface area contributed by atoms with Crippen LogP contribution in [0.1, 0.15) is 42.2 Å². The normalized spacial score (nSPS) is 12.3. The largest absolute Gasteiger partial charge is 0.433 e. The first-order valence-corrected chi connectivity index (χ1v) is 8.09. The average molecular weight is 391 g/mol. The molecule has 1 heterocycles. The van der Waals surface area contributed by atoms with Gasteiger partial charge in [-0.15, -0.1) is 12.4 Å². The van der Waals surface area contributed by atoms with Crippen molar-refractivity contribution in [2.24, 2.45) is 5.73 Å². The van der Waals surface area contributed by atoms with Gasteiger partial charge in [0.2, 0.25) is 0 Å². The highest BCUT2D eigenvalue weighted by molar-refractivity contribution is 5.94. The highest BCUT2D eigenvalue weighted by atomic mass is 35.5. The van der Waals surface area contributed by atoms with Crippen LogP contribution in [-0.4, -0.2) is 28.3 Å². The summed E-state index contributed by atoms with van der Waals surface area (Å²) in [4.78, 5) is 12.4. The molecular weight excluding hydrogens is 369 g/mol. The number of nitrogens with one attached hydrogen (secondary N) is 1. The Kier molecular flexibility index (Phi) is 8.10. The van der Waals surface area contributed by atoms with Crippen LogP contribution in [0.3, 0.4) is 0 Å². The van der Waals surface area contributed by atoms with Crippen molar-refractivity contribution in [3.8, 4) is 5.69 Å². The maximum absolute atomic E-state index is 13.0. The van der Waals surface area contributed by atoms with E-state index in [4.69, 9.17) is 5.73 Å². The van der Waals surface area contributed by atoms with Crippen LogP contribution >= 0.6 is 12.4 Å². The molecule has 3 N–H and O–H groups in total. The molecule has 0 aliphatic rings. The molecule has 0 radical (unpaired) electrons. The van der Waals surface area contributed by atoms with E-state index in [1.807, 2.05) is 6.92 Å². The Labute approximate surface area is 156 Å². The third-order valence-electron chi connectivity index (χ3n) is 3.81. The van der Waals surface area contributed by atoms with Crippen molar-refractivity contribution in [3.05, 3.63) is 47.8 Å². The van der Waals surface area contributed by atoms with E-state index in [9.17, 15) is 18.0 Å². The van der Waals surface area contributed by atoms with Crippen LogP contribution in [0.4, 0.5) is 13.2 Å². The number of hydrogen-bond donors (Lipinski definition) is 2. The zero-order valence-electron chi connectivity index (χ0n) is 14.3. The molecule has 2 rings (SSSR count). The van der Waals surface area contributed by atoms with Gasteiger partial charge in [0, 0.05) is 18.2 Å². The molecule has 0 saturated heterocycles. The minimum absolute atomic E-state index is 0. The van der Waals surface area contributed by atoms with Crippen molar-refractivity contribution < 1.29 is 18.0 Å². The van der Waals surface area contributed by atoms with Gasteiger partial charge in [0.1, 0.15) is 5.69 Å². The first-order valence-electron chi connectivity index (χ1n) is 8.09. The van der Waals surface area contributed by atoms with Crippen LogP contribution in [-0.2, 0) is 6.18 Å².